The molecule has 17 heavy (non-hydrogen) atoms. The third kappa shape index (κ3) is 4.19. The van der Waals surface area contributed by atoms with Gasteiger partial charge in [0.2, 0.25) is 0 Å². The summed E-state index contributed by atoms with van der Waals surface area (Å²) in [5, 5.41) is 12.2. The number of hydrogen-bond acceptors (Lipinski definition) is 4. The number of thiazole rings is 1. The van der Waals surface area contributed by atoms with Gasteiger partial charge in [0, 0.05) is 24.2 Å². The second kappa shape index (κ2) is 5.32. The van der Waals surface area contributed by atoms with Crippen LogP contribution in [0.2, 0.25) is 0 Å². The summed E-state index contributed by atoms with van der Waals surface area (Å²) in [4.78, 5) is 23.2. The molecule has 0 saturated carbocycles. The van der Waals surface area contributed by atoms with E-state index in [0.29, 0.717) is 5.69 Å². The topological polar surface area (TPSA) is 82.2 Å². The number of aromatic nitrogens is 1. The Bertz CT molecular complexity index is 440. The van der Waals surface area contributed by atoms with Crippen molar-refractivity contribution in [2.45, 2.75) is 12.7 Å². The molecule has 96 valence electrons. The van der Waals surface area contributed by atoms with Crippen LogP contribution in [0.25, 0.3) is 0 Å². The van der Waals surface area contributed by atoms with Crippen LogP contribution in [-0.2, 0) is 11.3 Å². The molecule has 0 radical (unpaired) electrons. The number of hydrogen-bond donors (Lipinski definition) is 3. The van der Waals surface area contributed by atoms with Gasteiger partial charge in [-0.05, 0) is 0 Å². The SMILES string of the molecule is O=C(O)C(CNCc1csc(=O)[nH]1)C(F)(F)F. The number of nitrogens with one attached hydrogen (secondary N) is 2. The van der Waals surface area contributed by atoms with Crippen molar-refractivity contribution in [3.8, 4) is 0 Å². The molecule has 5 nitrogen and oxygen atoms in total. The molecule has 0 fully saturated rings. The van der Waals surface area contributed by atoms with Crippen LogP contribution in [0.3, 0.4) is 0 Å². The number of carboxylic acid groups (broad SMARTS) is 1. The summed E-state index contributed by atoms with van der Waals surface area (Å²) in [5.74, 6) is -4.38. The lowest BCUT2D eigenvalue weighted by Gasteiger charge is -2.16. The van der Waals surface area contributed by atoms with Crippen LogP contribution in [0.5, 0.6) is 0 Å². The quantitative estimate of drug-likeness (QED) is 0.738. The van der Waals surface area contributed by atoms with E-state index in [-0.39, 0.29) is 11.4 Å². The van der Waals surface area contributed by atoms with Crippen molar-refractivity contribution >= 4 is 17.3 Å². The van der Waals surface area contributed by atoms with Gasteiger partial charge in [0.1, 0.15) is 0 Å². The molecule has 0 aromatic carbocycles. The Balaban J connectivity index is 2.48. The normalized spacial score (nSPS) is 13.6. The molecule has 0 bridgehead atoms. The average Bonchev–Trinajstić information content (AvgIpc) is 2.56. The fraction of sp³-hybridized carbons (Fsp3) is 0.500. The first kappa shape index (κ1) is 13.7. The van der Waals surface area contributed by atoms with Crippen LogP contribution in [0, 0.1) is 5.92 Å². The first-order valence-corrected chi connectivity index (χ1v) is 5.35. The van der Waals surface area contributed by atoms with E-state index in [4.69, 9.17) is 5.11 Å². The van der Waals surface area contributed by atoms with Crippen LogP contribution in [-0.4, -0.2) is 28.8 Å². The Morgan fingerprint density at radius 1 is 1.59 bits per heavy atom. The zero-order valence-corrected chi connectivity index (χ0v) is 9.19. The molecule has 0 spiro atoms. The predicted octanol–water partition coefficient (Wildman–Crippen LogP) is 0.789. The van der Waals surface area contributed by atoms with Gasteiger partial charge in [-0.3, -0.25) is 9.59 Å². The highest BCUT2D eigenvalue weighted by molar-refractivity contribution is 7.07. The van der Waals surface area contributed by atoms with Gasteiger partial charge in [0.25, 0.3) is 0 Å². The molecule has 0 aliphatic heterocycles. The van der Waals surface area contributed by atoms with Gasteiger partial charge in [0.15, 0.2) is 5.92 Å². The summed E-state index contributed by atoms with van der Waals surface area (Å²) in [5.41, 5.74) is 0.423. The van der Waals surface area contributed by atoms with E-state index < -0.39 is 24.6 Å². The number of aromatic amines is 1. The zero-order valence-electron chi connectivity index (χ0n) is 8.37. The van der Waals surface area contributed by atoms with Crippen molar-refractivity contribution in [2.75, 3.05) is 6.54 Å². The molecule has 1 aromatic rings. The Kier molecular flexibility index (Phi) is 4.29. The second-order valence-electron chi connectivity index (χ2n) is 3.24. The van der Waals surface area contributed by atoms with Crippen LogP contribution in [0.4, 0.5) is 13.2 Å². The Labute approximate surface area is 97.3 Å². The molecule has 1 heterocycles. The maximum absolute atomic E-state index is 12.2. The number of aliphatic carboxylic acids is 1. The third-order valence-corrected chi connectivity index (χ3v) is 2.65. The summed E-state index contributed by atoms with van der Waals surface area (Å²) in [6.45, 7) is -0.755. The Morgan fingerprint density at radius 3 is 2.65 bits per heavy atom. The number of alkyl halides is 3. The van der Waals surface area contributed by atoms with Gasteiger partial charge >= 0.3 is 17.0 Å². The Morgan fingerprint density at radius 2 is 2.24 bits per heavy atom. The fourth-order valence-electron chi connectivity index (χ4n) is 1.09. The van der Waals surface area contributed by atoms with Crippen molar-refractivity contribution in [3.05, 3.63) is 20.7 Å². The van der Waals surface area contributed by atoms with E-state index in [1.807, 2.05) is 0 Å². The predicted molar refractivity (Wildman–Crippen MR) is 53.8 cm³/mol. The van der Waals surface area contributed by atoms with Crippen molar-refractivity contribution < 1.29 is 23.1 Å². The second-order valence-corrected chi connectivity index (χ2v) is 4.08. The smallest absolute Gasteiger partial charge is 0.403 e. The molecule has 0 aliphatic carbocycles. The highest BCUT2D eigenvalue weighted by Crippen LogP contribution is 2.25. The van der Waals surface area contributed by atoms with Crippen molar-refractivity contribution in [1.29, 1.82) is 0 Å². The van der Waals surface area contributed by atoms with E-state index in [1.54, 1.807) is 0 Å². The molecule has 1 atom stereocenters. The van der Waals surface area contributed by atoms with Gasteiger partial charge in [0.05, 0.1) is 0 Å². The lowest BCUT2D eigenvalue weighted by atomic mass is 10.1. The van der Waals surface area contributed by atoms with Gasteiger partial charge in [-0.1, -0.05) is 11.3 Å². The molecule has 0 amide bonds. The minimum atomic E-state index is -4.79. The van der Waals surface area contributed by atoms with Gasteiger partial charge in [-0.25, -0.2) is 0 Å². The highest BCUT2D eigenvalue weighted by Gasteiger charge is 2.44. The Hall–Kier alpha value is -1.35. The average molecular weight is 270 g/mol. The minimum Gasteiger partial charge on any atom is -0.481 e. The van der Waals surface area contributed by atoms with Crippen molar-refractivity contribution in [1.82, 2.24) is 10.3 Å². The standard InChI is InChI=1S/C8H9F3N2O3S/c9-8(10,11)5(6(14)15)2-12-1-4-3-17-7(16)13-4/h3,5,12H,1-2H2,(H,13,16)(H,14,15). The van der Waals surface area contributed by atoms with E-state index >= 15 is 0 Å². The number of halogens is 3. The summed E-state index contributed by atoms with van der Waals surface area (Å²) >= 11 is 0.885. The molecule has 3 N–H and O–H groups in total. The van der Waals surface area contributed by atoms with Crippen molar-refractivity contribution in [3.63, 3.8) is 0 Å². The summed E-state index contributed by atoms with van der Waals surface area (Å²) in [6, 6.07) is 0. The van der Waals surface area contributed by atoms with E-state index in [1.165, 1.54) is 5.38 Å². The molecular weight excluding hydrogens is 261 g/mol. The summed E-state index contributed by atoms with van der Waals surface area (Å²) in [6.07, 6.45) is -4.79. The van der Waals surface area contributed by atoms with E-state index in [9.17, 15) is 22.8 Å². The van der Waals surface area contributed by atoms with E-state index in [2.05, 4.69) is 10.3 Å². The number of carboxylic acids is 1. The van der Waals surface area contributed by atoms with E-state index in [0.717, 1.165) is 11.3 Å². The molecule has 0 aliphatic rings. The summed E-state index contributed by atoms with van der Waals surface area (Å²) in [7, 11) is 0. The number of rotatable bonds is 5. The molecule has 1 unspecified atom stereocenters. The minimum absolute atomic E-state index is 0.0153. The largest absolute Gasteiger partial charge is 0.481 e. The number of H-pyrrole nitrogens is 1. The van der Waals surface area contributed by atoms with Crippen LogP contribution in [0.1, 0.15) is 5.69 Å². The molecular formula is C8H9F3N2O3S. The lowest BCUT2D eigenvalue weighted by Crippen LogP contribution is -2.38. The number of carbonyl (C=O) groups is 1. The molecule has 9 heteroatoms. The van der Waals surface area contributed by atoms with Gasteiger partial charge < -0.3 is 15.4 Å². The molecule has 1 rings (SSSR count). The van der Waals surface area contributed by atoms with Crippen LogP contribution >= 0.6 is 11.3 Å². The molecule has 1 aromatic heterocycles. The maximum Gasteiger partial charge on any atom is 0.403 e. The first-order chi connectivity index (χ1) is 7.80. The van der Waals surface area contributed by atoms with Gasteiger partial charge in [-0.15, -0.1) is 0 Å². The third-order valence-electron chi connectivity index (χ3n) is 1.93. The summed E-state index contributed by atoms with van der Waals surface area (Å²) < 4.78 is 36.7. The monoisotopic (exact) mass is 270 g/mol. The van der Waals surface area contributed by atoms with Crippen LogP contribution in [0.15, 0.2) is 10.2 Å². The fourth-order valence-corrected chi connectivity index (χ4v) is 1.68. The first-order valence-electron chi connectivity index (χ1n) is 4.47. The molecule has 0 saturated heterocycles. The van der Waals surface area contributed by atoms with Gasteiger partial charge in [-0.2, -0.15) is 13.2 Å². The zero-order chi connectivity index (χ0) is 13.1. The lowest BCUT2D eigenvalue weighted by molar-refractivity contribution is -0.192. The highest BCUT2D eigenvalue weighted by atomic mass is 32.1. The van der Waals surface area contributed by atoms with Crippen molar-refractivity contribution in [2.24, 2.45) is 5.92 Å². The maximum atomic E-state index is 12.2. The van der Waals surface area contributed by atoms with Crippen LogP contribution < -0.4 is 10.2 Å².